The summed E-state index contributed by atoms with van der Waals surface area (Å²) < 4.78 is 62.0. The van der Waals surface area contributed by atoms with E-state index in [2.05, 4.69) is 8.37 Å². The molecular weight excluding hydrogens is 348 g/mol. The van der Waals surface area contributed by atoms with E-state index in [4.69, 9.17) is 10.2 Å². The van der Waals surface area contributed by atoms with Crippen molar-refractivity contribution >= 4 is 20.8 Å². The summed E-state index contributed by atoms with van der Waals surface area (Å²) in [7, 11) is -3.35. The van der Waals surface area contributed by atoms with Crippen LogP contribution in [0, 0.1) is 0 Å². The van der Waals surface area contributed by atoms with E-state index in [1.165, 1.54) is 0 Å². The summed E-state index contributed by atoms with van der Waals surface area (Å²) in [5.74, 6) is 0. The molecule has 0 aliphatic rings. The van der Waals surface area contributed by atoms with Crippen molar-refractivity contribution in [1.82, 2.24) is 0 Å². The molecule has 0 saturated heterocycles. The molecule has 0 rings (SSSR count). The average molecular weight is 374 g/mol. The van der Waals surface area contributed by atoms with Gasteiger partial charge in [-0.15, -0.1) is 0 Å². The predicted molar refractivity (Wildman–Crippen MR) is 73.0 cm³/mol. The first kappa shape index (κ1) is 29.6. The first-order valence-electron chi connectivity index (χ1n) is 5.75. The van der Waals surface area contributed by atoms with Gasteiger partial charge < -0.3 is 30.0 Å². The summed E-state index contributed by atoms with van der Waals surface area (Å²) >= 11 is 0. The zero-order chi connectivity index (χ0) is 18.7. The topological polar surface area (TPSA) is 207 Å². The molecule has 0 aromatic rings. The van der Waals surface area contributed by atoms with Crippen molar-refractivity contribution in [3.63, 3.8) is 0 Å². The molecule has 0 amide bonds. The smallest absolute Gasteiger partial charge is 0.217 e. The van der Waals surface area contributed by atoms with Crippen LogP contribution in [0.5, 0.6) is 0 Å². The highest BCUT2D eigenvalue weighted by molar-refractivity contribution is 7.81. The van der Waals surface area contributed by atoms with Crippen molar-refractivity contribution in [1.29, 1.82) is 0 Å². The molecule has 14 heteroatoms. The van der Waals surface area contributed by atoms with Gasteiger partial charge in [0.05, 0.1) is 54.6 Å². The third-order valence-corrected chi connectivity index (χ3v) is 2.06. The van der Waals surface area contributed by atoms with Gasteiger partial charge in [-0.3, -0.25) is 8.37 Å². The van der Waals surface area contributed by atoms with Crippen molar-refractivity contribution in [2.24, 2.45) is 0 Å². The molecule has 0 aromatic carbocycles. The third-order valence-electron chi connectivity index (χ3n) is 1.24. The fraction of sp³-hybridized carbons (Fsp3) is 1.00. The molecule has 0 aliphatic heterocycles. The van der Waals surface area contributed by atoms with Gasteiger partial charge in [0.25, 0.3) is 0 Å². The molecule has 140 valence electrons. The Morgan fingerprint density at radius 1 is 0.818 bits per heavy atom. The molecule has 22 heavy (non-hydrogen) atoms. The highest BCUT2D eigenvalue weighted by atomic mass is 32.3. The van der Waals surface area contributed by atoms with Gasteiger partial charge in [-0.25, -0.2) is 16.8 Å². The standard InChI is InChI=1S/2C3H9NO.2CH4O4S/c2*1-4-2-3-5;2*1-5-6(2,3)4/h2*4-5H,2-3H2,1H3;2*1H3,(H,2,3,4). The van der Waals surface area contributed by atoms with Crippen LogP contribution in [0.1, 0.15) is 0 Å². The maximum absolute atomic E-state index is 9.22. The Morgan fingerprint density at radius 3 is 1.00 bits per heavy atom. The van der Waals surface area contributed by atoms with Crippen molar-refractivity contribution in [3.8, 4) is 0 Å². The molecule has 0 heterocycles. The molecule has 0 saturated carbocycles. The molecule has 0 spiro atoms. The van der Waals surface area contributed by atoms with E-state index in [0.717, 1.165) is 27.3 Å². The van der Waals surface area contributed by atoms with E-state index in [1.54, 1.807) is 0 Å². The summed E-state index contributed by atoms with van der Waals surface area (Å²) in [5.41, 5.74) is 0. The van der Waals surface area contributed by atoms with Crippen LogP contribution in [0.25, 0.3) is 0 Å². The van der Waals surface area contributed by atoms with Gasteiger partial charge in [0.1, 0.15) is 0 Å². The Labute approximate surface area is 131 Å². The van der Waals surface area contributed by atoms with Crippen LogP contribution in [0.4, 0.5) is 0 Å². The lowest BCUT2D eigenvalue weighted by molar-refractivity contribution is -0.628. The Balaban J connectivity index is -0.0000000986. The summed E-state index contributed by atoms with van der Waals surface area (Å²) in [6.07, 6.45) is 0. The molecule has 0 aliphatic carbocycles. The van der Waals surface area contributed by atoms with E-state index in [0.29, 0.717) is 0 Å². The van der Waals surface area contributed by atoms with Gasteiger partial charge in [0, 0.05) is 0 Å². The first-order chi connectivity index (χ1) is 9.95. The van der Waals surface area contributed by atoms with Crippen molar-refractivity contribution in [2.75, 3.05) is 54.6 Å². The predicted octanol–water partition coefficient (Wildman–Crippen LogP) is -5.47. The highest BCUT2D eigenvalue weighted by Gasteiger charge is 1.79. The van der Waals surface area contributed by atoms with Gasteiger partial charge in [-0.2, -0.15) is 0 Å². The van der Waals surface area contributed by atoms with Gasteiger partial charge in [-0.1, -0.05) is 0 Å². The molecule has 0 fully saturated rings. The van der Waals surface area contributed by atoms with Crippen molar-refractivity contribution in [2.45, 2.75) is 0 Å². The summed E-state index contributed by atoms with van der Waals surface area (Å²) in [5, 5.41) is 19.9. The zero-order valence-corrected chi connectivity index (χ0v) is 14.6. The number of hydrogen-bond acceptors (Lipinski definition) is 10. The molecule has 0 radical (unpaired) electrons. The monoisotopic (exact) mass is 374 g/mol. The van der Waals surface area contributed by atoms with Crippen molar-refractivity contribution in [3.05, 3.63) is 0 Å². The molecule has 12 nitrogen and oxygen atoms in total. The summed E-state index contributed by atoms with van der Waals surface area (Å²) in [4.78, 5) is 0. The number of aliphatic hydroxyl groups is 2. The Kier molecular flexibility index (Phi) is 27.7. The minimum atomic E-state index is -4.41. The Morgan fingerprint density at radius 2 is 1.00 bits per heavy atom. The number of likely N-dealkylation sites (N-methyl/N-ethyl adjacent to an activating group) is 2. The Hall–Kier alpha value is -0.420. The maximum Gasteiger partial charge on any atom is 0.217 e. The van der Waals surface area contributed by atoms with Crippen LogP contribution in [-0.2, 0) is 29.2 Å². The van der Waals surface area contributed by atoms with Gasteiger partial charge in [0.15, 0.2) is 0 Å². The van der Waals surface area contributed by atoms with Crippen molar-refractivity contribution < 1.29 is 55.2 Å². The second-order valence-corrected chi connectivity index (χ2v) is 5.29. The normalized spacial score (nSPS) is 10.2. The van der Waals surface area contributed by atoms with E-state index in [-0.39, 0.29) is 13.2 Å². The van der Waals surface area contributed by atoms with Crippen LogP contribution in [-0.4, -0.2) is 90.8 Å². The molecule has 0 bridgehead atoms. The first-order valence-corrected chi connectivity index (χ1v) is 8.42. The SMILES string of the molecule is COS(=O)(=O)[O-].COS(=O)(=O)[O-].C[NH2+]CCO.C[NH2+]CCO. The average Bonchev–Trinajstić information content (AvgIpc) is 2.41. The van der Waals surface area contributed by atoms with E-state index in [1.807, 2.05) is 24.7 Å². The maximum atomic E-state index is 9.22. The molecule has 0 atom stereocenters. The van der Waals surface area contributed by atoms with Crippen LogP contribution in [0.15, 0.2) is 0 Å². The molecular formula is C8H26N2O10S2. The van der Waals surface area contributed by atoms with E-state index >= 15 is 0 Å². The van der Waals surface area contributed by atoms with E-state index < -0.39 is 20.8 Å². The minimum absolute atomic E-state index is 0.288. The molecule has 0 aromatic heterocycles. The fourth-order valence-corrected chi connectivity index (χ4v) is 0.258. The van der Waals surface area contributed by atoms with E-state index in [9.17, 15) is 25.9 Å². The second-order valence-electron chi connectivity index (χ2n) is 2.99. The zero-order valence-electron chi connectivity index (χ0n) is 13.0. The Bertz CT molecular complexity index is 342. The van der Waals surface area contributed by atoms with Gasteiger partial charge in [-0.05, 0) is 0 Å². The number of rotatable bonds is 6. The lowest BCUT2D eigenvalue weighted by atomic mass is 10.7. The molecule has 0 unspecified atom stereocenters. The fourth-order valence-electron chi connectivity index (χ4n) is 0.258. The molecule has 6 N–H and O–H groups in total. The quantitative estimate of drug-likeness (QED) is 0.256. The van der Waals surface area contributed by atoms with Crippen LogP contribution in [0.3, 0.4) is 0 Å². The third kappa shape index (κ3) is 73.7. The lowest BCUT2D eigenvalue weighted by Crippen LogP contribution is -2.80. The summed E-state index contributed by atoms with van der Waals surface area (Å²) in [6, 6.07) is 0. The minimum Gasteiger partial charge on any atom is -0.726 e. The van der Waals surface area contributed by atoms with Gasteiger partial charge in [0.2, 0.25) is 20.8 Å². The number of aliphatic hydroxyl groups excluding tert-OH is 2. The second kappa shape index (κ2) is 20.6. The summed E-state index contributed by atoms with van der Waals surface area (Å²) in [6.45, 7) is 2.22. The van der Waals surface area contributed by atoms with Crippen LogP contribution < -0.4 is 10.6 Å². The largest absolute Gasteiger partial charge is 0.726 e. The number of hydrogen-bond donors (Lipinski definition) is 4. The lowest BCUT2D eigenvalue weighted by Gasteiger charge is -1.98. The van der Waals surface area contributed by atoms with Crippen LogP contribution in [0.2, 0.25) is 0 Å². The number of nitrogens with two attached hydrogens (primary N) is 2. The van der Waals surface area contributed by atoms with Crippen LogP contribution >= 0.6 is 0 Å². The highest BCUT2D eigenvalue weighted by Crippen LogP contribution is 1.74. The van der Waals surface area contributed by atoms with Gasteiger partial charge >= 0.3 is 0 Å². The number of quaternary nitrogens is 2.